The van der Waals surface area contributed by atoms with Gasteiger partial charge in [0.05, 0.1) is 32.3 Å². The Morgan fingerprint density at radius 1 is 1.15 bits per heavy atom. The van der Waals surface area contributed by atoms with Gasteiger partial charge < -0.3 is 45.9 Å². The molecule has 0 aromatic rings. The lowest BCUT2D eigenvalue weighted by atomic mass is 10.0. The number of ether oxygens (including phenoxy) is 3. The molecular weight excluding hydrogens is 354 g/mol. The molecule has 26 heavy (non-hydrogen) atoms. The monoisotopic (exact) mass is 379 g/mol. The van der Waals surface area contributed by atoms with E-state index in [0.717, 1.165) is 0 Å². The third kappa shape index (κ3) is 8.51. The molecule has 0 aromatic carbocycles. The summed E-state index contributed by atoms with van der Waals surface area (Å²) in [5.41, 5.74) is 4.84. The van der Waals surface area contributed by atoms with Crippen molar-refractivity contribution >= 4 is 17.7 Å². The van der Waals surface area contributed by atoms with Crippen molar-refractivity contribution in [1.29, 1.82) is 0 Å². The number of carbonyl (C=O) groups excluding carboxylic acids is 3. The average Bonchev–Trinajstić information content (AvgIpc) is 2.58. The zero-order chi connectivity index (χ0) is 19.5. The molecule has 150 valence electrons. The number of nitrogens with one attached hydrogen (secondary N) is 2. The molecule has 1 saturated heterocycles. The fourth-order valence-electron chi connectivity index (χ4n) is 2.06. The van der Waals surface area contributed by atoms with E-state index in [4.69, 9.17) is 25.1 Å². The van der Waals surface area contributed by atoms with E-state index in [1.54, 1.807) is 0 Å². The van der Waals surface area contributed by atoms with Crippen LogP contribution in [-0.4, -0.2) is 90.7 Å². The largest absolute Gasteiger partial charge is 0.394 e. The summed E-state index contributed by atoms with van der Waals surface area (Å²) >= 11 is 0. The third-order valence-electron chi connectivity index (χ3n) is 3.39. The fourth-order valence-corrected chi connectivity index (χ4v) is 2.06. The van der Waals surface area contributed by atoms with Gasteiger partial charge >= 0.3 is 0 Å². The smallest absolute Gasteiger partial charge is 0.243 e. The van der Waals surface area contributed by atoms with Gasteiger partial charge in [0.2, 0.25) is 17.7 Å². The van der Waals surface area contributed by atoms with Crippen molar-refractivity contribution in [3.8, 4) is 0 Å². The Labute approximate surface area is 149 Å². The molecular formula is C14H25N3O9. The number of aliphatic hydroxyl groups excluding tert-OH is 3. The SMILES string of the molecule is NC(=O)COCNC(=O)CNC(=O)CCOC1O[C@H](CO)C(O)CC1O. The highest BCUT2D eigenvalue weighted by atomic mass is 16.7. The number of hydrogen-bond donors (Lipinski definition) is 6. The second kappa shape index (κ2) is 11.7. The highest BCUT2D eigenvalue weighted by molar-refractivity contribution is 5.84. The Morgan fingerprint density at radius 2 is 1.88 bits per heavy atom. The van der Waals surface area contributed by atoms with Gasteiger partial charge in [-0.2, -0.15) is 0 Å². The molecule has 0 saturated carbocycles. The van der Waals surface area contributed by atoms with Gasteiger partial charge in [-0.25, -0.2) is 0 Å². The van der Waals surface area contributed by atoms with Gasteiger partial charge in [-0.1, -0.05) is 0 Å². The van der Waals surface area contributed by atoms with Crippen LogP contribution >= 0.6 is 0 Å². The van der Waals surface area contributed by atoms with Crippen molar-refractivity contribution in [3.05, 3.63) is 0 Å². The number of amides is 3. The lowest BCUT2D eigenvalue weighted by Gasteiger charge is -2.36. The van der Waals surface area contributed by atoms with Crippen LogP contribution in [0.1, 0.15) is 12.8 Å². The molecule has 1 rings (SSSR count). The molecule has 0 aliphatic carbocycles. The lowest BCUT2D eigenvalue weighted by Crippen LogP contribution is -2.50. The number of primary amides is 1. The molecule has 0 radical (unpaired) electrons. The van der Waals surface area contributed by atoms with Crippen LogP contribution in [0.4, 0.5) is 0 Å². The van der Waals surface area contributed by atoms with E-state index in [-0.39, 0.29) is 39.3 Å². The van der Waals surface area contributed by atoms with Crippen LogP contribution in [0.15, 0.2) is 0 Å². The molecule has 1 heterocycles. The van der Waals surface area contributed by atoms with Crippen LogP contribution in [0, 0.1) is 0 Å². The molecule has 12 nitrogen and oxygen atoms in total. The first-order chi connectivity index (χ1) is 12.3. The van der Waals surface area contributed by atoms with E-state index in [1.807, 2.05) is 0 Å². The maximum Gasteiger partial charge on any atom is 0.243 e. The first-order valence-corrected chi connectivity index (χ1v) is 7.97. The minimum absolute atomic E-state index is 0.0138. The quantitative estimate of drug-likeness (QED) is 0.153. The zero-order valence-corrected chi connectivity index (χ0v) is 14.1. The Morgan fingerprint density at radius 3 is 2.54 bits per heavy atom. The maximum absolute atomic E-state index is 11.6. The summed E-state index contributed by atoms with van der Waals surface area (Å²) in [5.74, 6) is -1.66. The molecule has 1 aliphatic heterocycles. The Bertz CT molecular complexity index is 477. The first kappa shape index (κ1) is 22.2. The van der Waals surface area contributed by atoms with Gasteiger partial charge in [-0.05, 0) is 0 Å². The summed E-state index contributed by atoms with van der Waals surface area (Å²) in [5, 5.41) is 33.0. The van der Waals surface area contributed by atoms with Gasteiger partial charge in [-0.3, -0.25) is 14.4 Å². The van der Waals surface area contributed by atoms with Crippen molar-refractivity contribution in [2.24, 2.45) is 5.73 Å². The summed E-state index contributed by atoms with van der Waals surface area (Å²) in [6, 6.07) is 0. The van der Waals surface area contributed by atoms with Crippen molar-refractivity contribution in [2.45, 2.75) is 37.4 Å². The number of carbonyl (C=O) groups is 3. The van der Waals surface area contributed by atoms with Crippen molar-refractivity contribution in [2.75, 3.05) is 33.1 Å². The van der Waals surface area contributed by atoms with Crippen molar-refractivity contribution < 1.29 is 43.9 Å². The van der Waals surface area contributed by atoms with Crippen LogP contribution in [0.2, 0.25) is 0 Å². The maximum atomic E-state index is 11.6. The lowest BCUT2D eigenvalue weighted by molar-refractivity contribution is -0.269. The zero-order valence-electron chi connectivity index (χ0n) is 14.1. The van der Waals surface area contributed by atoms with Gasteiger partial charge in [0, 0.05) is 6.42 Å². The van der Waals surface area contributed by atoms with Crippen molar-refractivity contribution in [3.63, 3.8) is 0 Å². The topological polar surface area (TPSA) is 190 Å². The van der Waals surface area contributed by atoms with Crippen LogP contribution in [-0.2, 0) is 28.6 Å². The number of rotatable bonds is 11. The minimum Gasteiger partial charge on any atom is -0.394 e. The number of aliphatic hydroxyl groups is 3. The Kier molecular flexibility index (Phi) is 10.0. The van der Waals surface area contributed by atoms with Crippen LogP contribution in [0.25, 0.3) is 0 Å². The summed E-state index contributed by atoms with van der Waals surface area (Å²) in [6.07, 6.45) is -4.11. The predicted molar refractivity (Wildman–Crippen MR) is 84.1 cm³/mol. The fraction of sp³-hybridized carbons (Fsp3) is 0.786. The highest BCUT2D eigenvalue weighted by Gasteiger charge is 2.36. The number of hydrogen-bond acceptors (Lipinski definition) is 9. The van der Waals surface area contributed by atoms with Crippen LogP contribution < -0.4 is 16.4 Å². The van der Waals surface area contributed by atoms with E-state index in [0.29, 0.717) is 0 Å². The minimum atomic E-state index is -1.08. The summed E-state index contributed by atoms with van der Waals surface area (Å²) in [7, 11) is 0. The molecule has 3 unspecified atom stereocenters. The summed E-state index contributed by atoms with van der Waals surface area (Å²) in [4.78, 5) is 33.4. The second-order valence-electron chi connectivity index (χ2n) is 5.55. The van der Waals surface area contributed by atoms with Crippen molar-refractivity contribution in [1.82, 2.24) is 10.6 Å². The Balaban J connectivity index is 2.14. The molecule has 1 fully saturated rings. The predicted octanol–water partition coefficient (Wildman–Crippen LogP) is -4.09. The third-order valence-corrected chi connectivity index (χ3v) is 3.39. The van der Waals surface area contributed by atoms with E-state index < -0.39 is 48.9 Å². The van der Waals surface area contributed by atoms with Gasteiger partial charge in [0.15, 0.2) is 6.29 Å². The standard InChI is InChI=1S/C14H25N3O9/c15-11(21)6-24-7-17-13(23)4-16-12(22)1-2-25-14-9(20)3-8(19)10(5-18)26-14/h8-10,14,18-20H,1-7H2,(H2,15,21)(H,16,22)(H,17,23)/t8?,9?,10-,14?/m1/s1. The van der Waals surface area contributed by atoms with Gasteiger partial charge in [0.25, 0.3) is 0 Å². The first-order valence-electron chi connectivity index (χ1n) is 7.97. The average molecular weight is 379 g/mol. The molecule has 3 amide bonds. The molecule has 0 aromatic heterocycles. The molecule has 1 aliphatic rings. The normalized spacial score (nSPS) is 25.5. The Hall–Kier alpha value is -1.83. The van der Waals surface area contributed by atoms with Gasteiger partial charge in [0.1, 0.15) is 25.5 Å². The summed E-state index contributed by atoms with van der Waals surface area (Å²) in [6.45, 7) is -1.35. The van der Waals surface area contributed by atoms with Crippen LogP contribution in [0.3, 0.4) is 0 Å². The highest BCUT2D eigenvalue weighted by Crippen LogP contribution is 2.21. The molecule has 7 N–H and O–H groups in total. The van der Waals surface area contributed by atoms with E-state index in [9.17, 15) is 24.6 Å². The molecule has 0 bridgehead atoms. The summed E-state index contributed by atoms with van der Waals surface area (Å²) < 4.78 is 15.2. The van der Waals surface area contributed by atoms with Crippen LogP contribution in [0.5, 0.6) is 0 Å². The second-order valence-corrected chi connectivity index (χ2v) is 5.55. The molecule has 0 spiro atoms. The van der Waals surface area contributed by atoms with E-state index in [1.165, 1.54) is 0 Å². The van der Waals surface area contributed by atoms with E-state index in [2.05, 4.69) is 10.6 Å². The number of nitrogens with two attached hydrogens (primary N) is 1. The van der Waals surface area contributed by atoms with E-state index >= 15 is 0 Å². The van der Waals surface area contributed by atoms with Gasteiger partial charge in [-0.15, -0.1) is 0 Å². The molecule has 4 atom stereocenters. The molecule has 12 heteroatoms.